The van der Waals surface area contributed by atoms with Crippen molar-refractivity contribution in [1.29, 1.82) is 0 Å². The number of carbonyl (C=O) groups is 1. The van der Waals surface area contributed by atoms with Crippen LogP contribution in [-0.4, -0.2) is 21.3 Å². The van der Waals surface area contributed by atoms with Crippen molar-refractivity contribution < 1.29 is 20.1 Å². The number of carboxylic acid groups (broad SMARTS) is 1. The van der Waals surface area contributed by atoms with E-state index in [4.69, 9.17) is 15.3 Å². The van der Waals surface area contributed by atoms with Crippen LogP contribution in [0, 0.1) is 0 Å². The summed E-state index contributed by atoms with van der Waals surface area (Å²) in [5, 5.41) is 26.1. The summed E-state index contributed by atoms with van der Waals surface area (Å²) in [7, 11) is 0. The lowest BCUT2D eigenvalue weighted by Crippen LogP contribution is -1.95. The molecule has 66 valence electrons. The van der Waals surface area contributed by atoms with Crippen LogP contribution in [0.1, 0.15) is 10.4 Å². The molecule has 1 aromatic rings. The SMILES string of the molecule is Cl.O=C(O)c1ccc(O)cc1O. The Hall–Kier alpha value is -1.42. The van der Waals surface area contributed by atoms with Gasteiger partial charge in [0, 0.05) is 6.07 Å². The molecule has 0 heterocycles. The summed E-state index contributed by atoms with van der Waals surface area (Å²) in [6.45, 7) is 0. The molecule has 0 atom stereocenters. The van der Waals surface area contributed by atoms with Crippen molar-refractivity contribution in [3.8, 4) is 11.5 Å². The largest absolute Gasteiger partial charge is 0.508 e. The number of aromatic carboxylic acids is 1. The monoisotopic (exact) mass is 190 g/mol. The van der Waals surface area contributed by atoms with E-state index in [0.29, 0.717) is 0 Å². The minimum absolute atomic E-state index is 0. The normalized spacial score (nSPS) is 8.67. The summed E-state index contributed by atoms with van der Waals surface area (Å²) >= 11 is 0. The third-order valence-corrected chi connectivity index (χ3v) is 1.21. The number of aromatic hydroxyl groups is 2. The Morgan fingerprint density at radius 3 is 2.25 bits per heavy atom. The predicted octanol–water partition coefficient (Wildman–Crippen LogP) is 1.22. The standard InChI is InChI=1S/C7H6O4.ClH/c8-4-1-2-5(7(10)11)6(9)3-4;/h1-3,8-9H,(H,10,11);1H. The van der Waals surface area contributed by atoms with Crippen molar-refractivity contribution in [2.45, 2.75) is 0 Å². The number of rotatable bonds is 1. The molecule has 0 bridgehead atoms. The van der Waals surface area contributed by atoms with Crippen LogP contribution in [0.4, 0.5) is 0 Å². The number of hydrogen-bond donors (Lipinski definition) is 3. The molecule has 0 fully saturated rings. The minimum Gasteiger partial charge on any atom is -0.508 e. The van der Waals surface area contributed by atoms with E-state index in [9.17, 15) is 4.79 Å². The van der Waals surface area contributed by atoms with Gasteiger partial charge in [0.05, 0.1) is 0 Å². The maximum Gasteiger partial charge on any atom is 0.339 e. The smallest absolute Gasteiger partial charge is 0.339 e. The highest BCUT2D eigenvalue weighted by atomic mass is 35.5. The van der Waals surface area contributed by atoms with Crippen molar-refractivity contribution in [3.63, 3.8) is 0 Å². The first-order chi connectivity index (χ1) is 5.11. The van der Waals surface area contributed by atoms with E-state index >= 15 is 0 Å². The zero-order chi connectivity index (χ0) is 8.43. The number of halogens is 1. The number of benzene rings is 1. The average Bonchev–Trinajstić information content (AvgIpc) is 1.85. The lowest BCUT2D eigenvalue weighted by molar-refractivity contribution is 0.0694. The summed E-state index contributed by atoms with van der Waals surface area (Å²) < 4.78 is 0. The van der Waals surface area contributed by atoms with Crippen LogP contribution >= 0.6 is 12.4 Å². The van der Waals surface area contributed by atoms with Gasteiger partial charge in [-0.25, -0.2) is 4.79 Å². The molecule has 1 aromatic carbocycles. The third-order valence-electron chi connectivity index (χ3n) is 1.21. The Kier molecular flexibility index (Phi) is 3.37. The second-order valence-electron chi connectivity index (χ2n) is 2.01. The van der Waals surface area contributed by atoms with Crippen LogP contribution in [0.3, 0.4) is 0 Å². The van der Waals surface area contributed by atoms with Gasteiger partial charge in [0.2, 0.25) is 0 Å². The highest BCUT2D eigenvalue weighted by Crippen LogP contribution is 2.21. The van der Waals surface area contributed by atoms with Crippen LogP contribution in [0.2, 0.25) is 0 Å². The Labute approximate surface area is 74.5 Å². The van der Waals surface area contributed by atoms with E-state index in [2.05, 4.69) is 0 Å². The Bertz CT molecular complexity index is 297. The molecule has 0 amide bonds. The van der Waals surface area contributed by atoms with Gasteiger partial charge in [-0.15, -0.1) is 12.4 Å². The fourth-order valence-corrected chi connectivity index (χ4v) is 0.701. The van der Waals surface area contributed by atoms with Crippen LogP contribution < -0.4 is 0 Å². The van der Waals surface area contributed by atoms with Gasteiger partial charge >= 0.3 is 5.97 Å². The topological polar surface area (TPSA) is 77.8 Å². The maximum atomic E-state index is 10.3. The predicted molar refractivity (Wildman–Crippen MR) is 44.0 cm³/mol. The van der Waals surface area contributed by atoms with Gasteiger partial charge in [-0.05, 0) is 12.1 Å². The second kappa shape index (κ2) is 3.82. The van der Waals surface area contributed by atoms with Crippen molar-refractivity contribution >= 4 is 18.4 Å². The molecule has 0 unspecified atom stereocenters. The van der Waals surface area contributed by atoms with Crippen molar-refractivity contribution in [2.24, 2.45) is 0 Å². The Morgan fingerprint density at radius 2 is 1.83 bits per heavy atom. The highest BCUT2D eigenvalue weighted by Gasteiger charge is 2.08. The van der Waals surface area contributed by atoms with Crippen molar-refractivity contribution in [2.75, 3.05) is 0 Å². The van der Waals surface area contributed by atoms with Gasteiger partial charge in [0.25, 0.3) is 0 Å². The molecule has 4 nitrogen and oxygen atoms in total. The van der Waals surface area contributed by atoms with E-state index in [0.717, 1.165) is 12.1 Å². The molecule has 0 saturated heterocycles. The van der Waals surface area contributed by atoms with E-state index in [1.807, 2.05) is 0 Å². The molecule has 0 saturated carbocycles. The van der Waals surface area contributed by atoms with Crippen molar-refractivity contribution in [3.05, 3.63) is 23.8 Å². The van der Waals surface area contributed by atoms with Crippen LogP contribution in [0.5, 0.6) is 11.5 Å². The van der Waals surface area contributed by atoms with Crippen LogP contribution in [0.15, 0.2) is 18.2 Å². The van der Waals surface area contributed by atoms with Gasteiger partial charge in [0.1, 0.15) is 17.1 Å². The average molecular weight is 191 g/mol. The van der Waals surface area contributed by atoms with Gasteiger partial charge in [-0.2, -0.15) is 0 Å². The fourth-order valence-electron chi connectivity index (χ4n) is 0.701. The van der Waals surface area contributed by atoms with Crippen LogP contribution in [-0.2, 0) is 0 Å². The number of phenolic OH excluding ortho intramolecular Hbond substituents is 1. The number of carboxylic acids is 1. The molecule has 0 aliphatic heterocycles. The third kappa shape index (κ3) is 2.03. The second-order valence-corrected chi connectivity index (χ2v) is 2.01. The molecule has 0 spiro atoms. The first-order valence-electron chi connectivity index (χ1n) is 2.86. The summed E-state index contributed by atoms with van der Waals surface area (Å²) in [4.78, 5) is 10.3. The molecule has 0 aliphatic carbocycles. The lowest BCUT2D eigenvalue weighted by atomic mass is 10.2. The molecule has 12 heavy (non-hydrogen) atoms. The minimum atomic E-state index is -1.22. The van der Waals surface area contributed by atoms with E-state index in [-0.39, 0.29) is 23.7 Å². The fraction of sp³-hybridized carbons (Fsp3) is 0. The zero-order valence-electron chi connectivity index (χ0n) is 5.89. The number of hydrogen-bond acceptors (Lipinski definition) is 3. The van der Waals surface area contributed by atoms with E-state index < -0.39 is 11.7 Å². The lowest BCUT2D eigenvalue weighted by Gasteiger charge is -1.97. The summed E-state index contributed by atoms with van der Waals surface area (Å²) in [5.74, 6) is -1.81. The highest BCUT2D eigenvalue weighted by molar-refractivity contribution is 5.90. The molecule has 3 N–H and O–H groups in total. The Balaban J connectivity index is 0.00000121. The summed E-state index contributed by atoms with van der Waals surface area (Å²) in [6, 6.07) is 3.31. The zero-order valence-corrected chi connectivity index (χ0v) is 6.71. The molecular weight excluding hydrogens is 184 g/mol. The quantitative estimate of drug-likeness (QED) is 0.622. The van der Waals surface area contributed by atoms with Gasteiger partial charge in [-0.3, -0.25) is 0 Å². The van der Waals surface area contributed by atoms with Crippen molar-refractivity contribution in [1.82, 2.24) is 0 Å². The summed E-state index contributed by atoms with van der Waals surface area (Å²) in [5.41, 5.74) is -0.220. The first kappa shape index (κ1) is 10.6. The summed E-state index contributed by atoms with van der Waals surface area (Å²) in [6.07, 6.45) is 0. The maximum absolute atomic E-state index is 10.3. The Morgan fingerprint density at radius 1 is 1.25 bits per heavy atom. The van der Waals surface area contributed by atoms with Gasteiger partial charge in [-0.1, -0.05) is 0 Å². The van der Waals surface area contributed by atoms with Gasteiger partial charge < -0.3 is 15.3 Å². The van der Waals surface area contributed by atoms with E-state index in [1.54, 1.807) is 0 Å². The molecule has 0 radical (unpaired) electrons. The molecule has 5 heteroatoms. The molecule has 1 rings (SSSR count). The molecule has 0 aliphatic rings. The number of phenols is 2. The van der Waals surface area contributed by atoms with Gasteiger partial charge in [0.15, 0.2) is 0 Å². The molecular formula is C7H7ClO4. The van der Waals surface area contributed by atoms with E-state index in [1.165, 1.54) is 6.07 Å². The van der Waals surface area contributed by atoms with Crippen LogP contribution in [0.25, 0.3) is 0 Å². The molecule has 0 aromatic heterocycles. The first-order valence-corrected chi connectivity index (χ1v) is 2.86.